The summed E-state index contributed by atoms with van der Waals surface area (Å²) in [6.45, 7) is 7.50. The van der Waals surface area contributed by atoms with E-state index in [4.69, 9.17) is 16.3 Å². The number of aryl methyl sites for hydroxylation is 3. The molecule has 0 aliphatic rings. The van der Waals surface area contributed by atoms with Gasteiger partial charge >= 0.3 is 0 Å². The predicted molar refractivity (Wildman–Crippen MR) is 82.4 cm³/mol. The Balaban J connectivity index is 2.11. The molecule has 0 saturated carbocycles. The quantitative estimate of drug-likeness (QED) is 0.795. The van der Waals surface area contributed by atoms with Crippen molar-refractivity contribution in [2.24, 2.45) is 0 Å². The van der Waals surface area contributed by atoms with E-state index in [2.05, 4.69) is 38.0 Å². The van der Waals surface area contributed by atoms with Crippen molar-refractivity contribution >= 4 is 11.6 Å². The van der Waals surface area contributed by atoms with E-state index in [1.807, 2.05) is 16.8 Å². The first-order chi connectivity index (χ1) is 9.69. The summed E-state index contributed by atoms with van der Waals surface area (Å²) in [6, 6.07) is 8.18. The molecule has 0 aliphatic heterocycles. The third-order valence-corrected chi connectivity index (χ3v) is 3.84. The van der Waals surface area contributed by atoms with E-state index >= 15 is 0 Å². The lowest BCUT2D eigenvalue weighted by Gasteiger charge is -2.08. The van der Waals surface area contributed by atoms with Gasteiger partial charge in [-0.25, -0.2) is 0 Å². The first-order valence-electron chi connectivity index (χ1n) is 7.15. The maximum Gasteiger partial charge on any atom is 0.131 e. The number of ether oxygens (including phenoxy) is 1. The van der Waals surface area contributed by atoms with Crippen LogP contribution in [-0.4, -0.2) is 9.78 Å². The summed E-state index contributed by atoms with van der Waals surface area (Å²) in [5, 5.41) is 5.23. The maximum atomic E-state index is 6.36. The molecule has 0 aliphatic carbocycles. The normalized spacial score (nSPS) is 10.8. The van der Waals surface area contributed by atoms with Crippen molar-refractivity contribution in [1.29, 1.82) is 0 Å². The van der Waals surface area contributed by atoms with Gasteiger partial charge in [-0.3, -0.25) is 4.68 Å². The minimum atomic E-state index is 0.450. The Morgan fingerprint density at radius 2 is 1.80 bits per heavy atom. The zero-order valence-electron chi connectivity index (χ0n) is 12.3. The molecule has 0 bridgehead atoms. The molecule has 0 amide bonds. The molecule has 1 heterocycles. The average Bonchev–Trinajstić information content (AvgIpc) is 2.81. The topological polar surface area (TPSA) is 27.1 Å². The zero-order chi connectivity index (χ0) is 14.5. The summed E-state index contributed by atoms with van der Waals surface area (Å²) in [4.78, 5) is 0. The lowest BCUT2D eigenvalue weighted by Crippen LogP contribution is -2.06. The Kier molecular flexibility index (Phi) is 5.07. The molecular formula is C16H21ClN2O. The minimum Gasteiger partial charge on any atom is -0.487 e. The van der Waals surface area contributed by atoms with Crippen molar-refractivity contribution in [3.63, 3.8) is 0 Å². The van der Waals surface area contributed by atoms with E-state index < -0.39 is 0 Å². The molecular weight excluding hydrogens is 272 g/mol. The van der Waals surface area contributed by atoms with E-state index in [9.17, 15) is 0 Å². The van der Waals surface area contributed by atoms with Crippen LogP contribution in [0.4, 0.5) is 0 Å². The van der Waals surface area contributed by atoms with Crippen molar-refractivity contribution in [3.8, 4) is 5.75 Å². The molecule has 4 heteroatoms. The van der Waals surface area contributed by atoms with Gasteiger partial charge < -0.3 is 4.74 Å². The van der Waals surface area contributed by atoms with Gasteiger partial charge in [0.1, 0.15) is 12.4 Å². The lowest BCUT2D eigenvalue weighted by molar-refractivity contribution is 0.292. The number of benzene rings is 1. The average molecular weight is 293 g/mol. The summed E-state index contributed by atoms with van der Waals surface area (Å²) in [5.74, 6) is 0.861. The zero-order valence-corrected chi connectivity index (χ0v) is 13.1. The van der Waals surface area contributed by atoms with Crippen molar-refractivity contribution in [3.05, 3.63) is 46.2 Å². The van der Waals surface area contributed by atoms with Crippen molar-refractivity contribution < 1.29 is 4.74 Å². The summed E-state index contributed by atoms with van der Waals surface area (Å²) < 4.78 is 7.75. The Labute approximate surface area is 125 Å². The van der Waals surface area contributed by atoms with E-state index in [-0.39, 0.29) is 0 Å². The van der Waals surface area contributed by atoms with Gasteiger partial charge in [0.05, 0.1) is 16.4 Å². The van der Waals surface area contributed by atoms with E-state index in [1.165, 1.54) is 5.56 Å². The van der Waals surface area contributed by atoms with Crippen molar-refractivity contribution in [2.45, 2.75) is 46.8 Å². The van der Waals surface area contributed by atoms with Gasteiger partial charge in [-0.15, -0.1) is 0 Å². The molecule has 108 valence electrons. The predicted octanol–water partition coefficient (Wildman–Crippen LogP) is 4.26. The molecule has 1 aromatic heterocycles. The Hall–Kier alpha value is -1.48. The molecule has 0 atom stereocenters. The highest BCUT2D eigenvalue weighted by molar-refractivity contribution is 6.31. The van der Waals surface area contributed by atoms with Crippen LogP contribution in [0.3, 0.4) is 0 Å². The van der Waals surface area contributed by atoms with E-state index in [0.29, 0.717) is 6.61 Å². The van der Waals surface area contributed by atoms with Gasteiger partial charge in [0.25, 0.3) is 0 Å². The molecule has 20 heavy (non-hydrogen) atoms. The number of halogens is 1. The molecule has 0 spiro atoms. The van der Waals surface area contributed by atoms with Crippen LogP contribution in [0.1, 0.15) is 37.7 Å². The van der Waals surface area contributed by atoms with Crippen LogP contribution in [0, 0.1) is 0 Å². The first kappa shape index (κ1) is 14.9. The fraction of sp³-hybridized carbons (Fsp3) is 0.438. The van der Waals surface area contributed by atoms with Gasteiger partial charge in [0.15, 0.2) is 0 Å². The second-order valence-corrected chi connectivity index (χ2v) is 5.04. The standard InChI is InChI=1S/C16H21ClN2O/c1-4-12-7-9-13(10-8-12)20-11-15-16(17)14(5-2)18-19(15)6-3/h7-10H,4-6,11H2,1-3H3. The highest BCUT2D eigenvalue weighted by Crippen LogP contribution is 2.23. The van der Waals surface area contributed by atoms with Gasteiger partial charge in [-0.1, -0.05) is 37.6 Å². The molecule has 0 radical (unpaired) electrons. The van der Waals surface area contributed by atoms with Crippen LogP contribution in [-0.2, 0) is 26.0 Å². The van der Waals surface area contributed by atoms with Crippen LogP contribution in [0.25, 0.3) is 0 Å². The van der Waals surface area contributed by atoms with Crippen LogP contribution < -0.4 is 4.74 Å². The molecule has 0 saturated heterocycles. The van der Waals surface area contributed by atoms with Gasteiger partial charge in [0, 0.05) is 6.54 Å². The highest BCUT2D eigenvalue weighted by Gasteiger charge is 2.14. The summed E-state index contributed by atoms with van der Waals surface area (Å²) >= 11 is 6.36. The molecule has 0 unspecified atom stereocenters. The SMILES string of the molecule is CCc1ccc(OCc2c(Cl)c(CC)nn2CC)cc1. The molecule has 1 aromatic carbocycles. The van der Waals surface area contributed by atoms with Crippen molar-refractivity contribution in [2.75, 3.05) is 0 Å². The minimum absolute atomic E-state index is 0.450. The molecule has 0 N–H and O–H groups in total. The summed E-state index contributed by atoms with van der Waals surface area (Å²) in [7, 11) is 0. The fourth-order valence-electron chi connectivity index (χ4n) is 2.13. The van der Waals surface area contributed by atoms with Gasteiger partial charge in [0.2, 0.25) is 0 Å². The molecule has 2 rings (SSSR count). The Bertz CT molecular complexity index is 561. The largest absolute Gasteiger partial charge is 0.487 e. The number of aromatic nitrogens is 2. The number of hydrogen-bond acceptors (Lipinski definition) is 2. The third kappa shape index (κ3) is 3.15. The monoisotopic (exact) mass is 292 g/mol. The van der Waals surface area contributed by atoms with Gasteiger partial charge in [-0.2, -0.15) is 5.10 Å². The highest BCUT2D eigenvalue weighted by atomic mass is 35.5. The van der Waals surface area contributed by atoms with Crippen LogP contribution >= 0.6 is 11.6 Å². The fourth-order valence-corrected chi connectivity index (χ4v) is 2.45. The van der Waals surface area contributed by atoms with Crippen LogP contribution in [0.15, 0.2) is 24.3 Å². The Morgan fingerprint density at radius 1 is 1.10 bits per heavy atom. The van der Waals surface area contributed by atoms with E-state index in [1.54, 1.807) is 0 Å². The summed E-state index contributed by atoms with van der Waals surface area (Å²) in [6.07, 6.45) is 1.87. The second kappa shape index (κ2) is 6.80. The maximum absolute atomic E-state index is 6.36. The third-order valence-electron chi connectivity index (χ3n) is 3.40. The number of rotatable bonds is 6. The Morgan fingerprint density at radius 3 is 2.35 bits per heavy atom. The number of nitrogens with zero attached hydrogens (tertiary/aromatic N) is 2. The number of hydrogen-bond donors (Lipinski definition) is 0. The van der Waals surface area contributed by atoms with E-state index in [0.717, 1.165) is 41.5 Å². The molecule has 2 aromatic rings. The lowest BCUT2D eigenvalue weighted by atomic mass is 10.2. The molecule has 0 fully saturated rings. The first-order valence-corrected chi connectivity index (χ1v) is 7.53. The van der Waals surface area contributed by atoms with Gasteiger partial charge in [-0.05, 0) is 37.5 Å². The summed E-state index contributed by atoms with van der Waals surface area (Å²) in [5.41, 5.74) is 3.20. The smallest absolute Gasteiger partial charge is 0.131 e. The van der Waals surface area contributed by atoms with Crippen LogP contribution in [0.5, 0.6) is 5.75 Å². The van der Waals surface area contributed by atoms with Crippen LogP contribution in [0.2, 0.25) is 5.02 Å². The van der Waals surface area contributed by atoms with Crippen molar-refractivity contribution in [1.82, 2.24) is 9.78 Å². The molecule has 3 nitrogen and oxygen atoms in total. The second-order valence-electron chi connectivity index (χ2n) is 4.66.